The minimum absolute atomic E-state index is 0.280. The molecule has 0 fully saturated rings. The Labute approximate surface area is 118 Å². The van der Waals surface area contributed by atoms with Gasteiger partial charge in [0.2, 0.25) is 0 Å². The summed E-state index contributed by atoms with van der Waals surface area (Å²) < 4.78 is 15.2. The Balaban J connectivity index is 1.96. The van der Waals surface area contributed by atoms with Crippen LogP contribution >= 0.6 is 22.9 Å². The molecule has 6 heteroatoms. The number of nitrogens with zero attached hydrogens (tertiary/aromatic N) is 3. The van der Waals surface area contributed by atoms with Gasteiger partial charge in [-0.3, -0.25) is 0 Å². The first-order valence-electron chi connectivity index (χ1n) is 5.85. The molecule has 0 N–H and O–H groups in total. The van der Waals surface area contributed by atoms with Gasteiger partial charge in [0.1, 0.15) is 11.6 Å². The molecule has 0 saturated heterocycles. The summed E-state index contributed by atoms with van der Waals surface area (Å²) >= 11 is 7.49. The fourth-order valence-electron chi connectivity index (χ4n) is 2.09. The highest BCUT2D eigenvalue weighted by Crippen LogP contribution is 2.19. The van der Waals surface area contributed by atoms with Gasteiger partial charge < -0.3 is 4.57 Å². The molecule has 0 atom stereocenters. The molecule has 2 aromatic heterocycles. The van der Waals surface area contributed by atoms with Crippen molar-refractivity contribution in [2.24, 2.45) is 0 Å². The zero-order chi connectivity index (χ0) is 13.2. The van der Waals surface area contributed by atoms with E-state index in [1.807, 2.05) is 15.5 Å². The highest BCUT2D eigenvalue weighted by Gasteiger charge is 2.10. The van der Waals surface area contributed by atoms with Crippen molar-refractivity contribution < 1.29 is 4.39 Å². The van der Waals surface area contributed by atoms with E-state index in [1.165, 1.54) is 12.1 Å². The average molecular weight is 296 g/mol. The number of hydrogen-bond acceptors (Lipinski definition) is 3. The van der Waals surface area contributed by atoms with Crippen LogP contribution in [0.2, 0.25) is 0 Å². The average Bonchev–Trinajstić information content (AvgIpc) is 3.02. The van der Waals surface area contributed by atoms with Crippen molar-refractivity contribution >= 4 is 34.0 Å². The smallest absolute Gasteiger partial charge is 0.125 e. The van der Waals surface area contributed by atoms with Crippen molar-refractivity contribution in [3.8, 4) is 0 Å². The van der Waals surface area contributed by atoms with E-state index in [4.69, 9.17) is 11.6 Å². The zero-order valence-corrected chi connectivity index (χ0v) is 11.6. The van der Waals surface area contributed by atoms with Crippen LogP contribution in [0, 0.1) is 5.82 Å². The lowest BCUT2D eigenvalue weighted by atomic mass is 10.3. The lowest BCUT2D eigenvalue weighted by molar-refractivity contribution is 0.629. The van der Waals surface area contributed by atoms with Crippen LogP contribution in [0.15, 0.2) is 29.1 Å². The number of benzene rings is 1. The summed E-state index contributed by atoms with van der Waals surface area (Å²) in [7, 11) is 0. The fourth-order valence-corrected chi connectivity index (χ4v) is 2.89. The summed E-state index contributed by atoms with van der Waals surface area (Å²) in [4.78, 5) is 8.62. The molecule has 0 amide bonds. The molecule has 0 aliphatic rings. The standard InChI is InChI=1S/C13H11ClFN3S/c14-6-13-17-11-5-9(15)1-2-12(11)18(13)4-3-10-7-19-8-16-10/h1-2,5,7-8H,3-4,6H2. The van der Waals surface area contributed by atoms with Crippen molar-refractivity contribution in [1.29, 1.82) is 0 Å². The van der Waals surface area contributed by atoms with Crippen LogP contribution in [-0.2, 0) is 18.8 Å². The van der Waals surface area contributed by atoms with Crippen molar-refractivity contribution in [3.63, 3.8) is 0 Å². The maximum absolute atomic E-state index is 13.2. The van der Waals surface area contributed by atoms with Gasteiger partial charge in [0.15, 0.2) is 0 Å². The van der Waals surface area contributed by atoms with Crippen molar-refractivity contribution in [1.82, 2.24) is 14.5 Å². The van der Waals surface area contributed by atoms with E-state index in [9.17, 15) is 4.39 Å². The highest BCUT2D eigenvalue weighted by molar-refractivity contribution is 7.07. The molecule has 3 rings (SSSR count). The van der Waals surface area contributed by atoms with Crippen LogP contribution in [0.5, 0.6) is 0 Å². The summed E-state index contributed by atoms with van der Waals surface area (Å²) in [5.74, 6) is 0.795. The highest BCUT2D eigenvalue weighted by atomic mass is 35.5. The number of rotatable bonds is 4. The first-order chi connectivity index (χ1) is 9.28. The fraction of sp³-hybridized carbons (Fsp3) is 0.231. The molecule has 19 heavy (non-hydrogen) atoms. The Morgan fingerprint density at radius 2 is 2.26 bits per heavy atom. The third-order valence-electron chi connectivity index (χ3n) is 2.98. The second-order valence-electron chi connectivity index (χ2n) is 4.18. The van der Waals surface area contributed by atoms with Gasteiger partial charge in [-0.2, -0.15) is 0 Å². The maximum Gasteiger partial charge on any atom is 0.125 e. The lowest BCUT2D eigenvalue weighted by Gasteiger charge is -2.06. The summed E-state index contributed by atoms with van der Waals surface area (Å²) in [5, 5.41) is 2.03. The van der Waals surface area contributed by atoms with E-state index >= 15 is 0 Å². The molecule has 0 aliphatic heterocycles. The molecule has 0 spiro atoms. The molecule has 3 nitrogen and oxygen atoms in total. The molecule has 0 aliphatic carbocycles. The van der Waals surface area contributed by atoms with E-state index in [2.05, 4.69) is 9.97 Å². The van der Waals surface area contributed by atoms with Crippen LogP contribution in [0.25, 0.3) is 11.0 Å². The number of hydrogen-bond donors (Lipinski definition) is 0. The summed E-state index contributed by atoms with van der Waals surface area (Å²) in [6, 6.07) is 4.63. The van der Waals surface area contributed by atoms with E-state index in [1.54, 1.807) is 17.4 Å². The minimum Gasteiger partial charge on any atom is -0.327 e. The molecular weight excluding hydrogens is 285 g/mol. The van der Waals surface area contributed by atoms with Gasteiger partial charge in [-0.1, -0.05) is 0 Å². The summed E-state index contributed by atoms with van der Waals surface area (Å²) in [5.41, 5.74) is 4.43. The predicted octanol–water partition coefficient (Wildman–Crippen LogP) is 3.61. The minimum atomic E-state index is -0.280. The van der Waals surface area contributed by atoms with Crippen molar-refractivity contribution in [2.45, 2.75) is 18.8 Å². The SMILES string of the molecule is Fc1ccc2c(c1)nc(CCl)n2CCc1cscn1. The Morgan fingerprint density at radius 1 is 1.37 bits per heavy atom. The van der Waals surface area contributed by atoms with Crippen molar-refractivity contribution in [3.05, 3.63) is 46.4 Å². The van der Waals surface area contributed by atoms with E-state index in [0.717, 1.165) is 30.0 Å². The zero-order valence-electron chi connectivity index (χ0n) is 10.0. The number of imidazole rings is 1. The van der Waals surface area contributed by atoms with Gasteiger partial charge in [0.05, 0.1) is 28.1 Å². The number of aryl methyl sites for hydroxylation is 2. The molecular formula is C13H11ClFN3S. The molecule has 3 aromatic rings. The Bertz CT molecular complexity index is 693. The molecule has 0 unspecified atom stereocenters. The number of aromatic nitrogens is 3. The third-order valence-corrected chi connectivity index (χ3v) is 3.86. The number of fused-ring (bicyclic) bond motifs is 1. The normalized spacial score (nSPS) is 11.3. The summed E-state index contributed by atoms with van der Waals surface area (Å²) in [6.45, 7) is 0.744. The van der Waals surface area contributed by atoms with Crippen LogP contribution in [0.1, 0.15) is 11.5 Å². The van der Waals surface area contributed by atoms with E-state index in [0.29, 0.717) is 11.4 Å². The first-order valence-corrected chi connectivity index (χ1v) is 7.33. The van der Waals surface area contributed by atoms with Crippen molar-refractivity contribution in [2.75, 3.05) is 0 Å². The van der Waals surface area contributed by atoms with Gasteiger partial charge >= 0.3 is 0 Å². The third kappa shape index (κ3) is 2.48. The summed E-state index contributed by atoms with van der Waals surface area (Å²) in [6.07, 6.45) is 0.816. The van der Waals surface area contributed by atoms with Crippen LogP contribution < -0.4 is 0 Å². The largest absolute Gasteiger partial charge is 0.327 e. The Morgan fingerprint density at radius 3 is 3.00 bits per heavy atom. The Hall–Kier alpha value is -1.46. The molecule has 0 saturated carbocycles. The molecule has 98 valence electrons. The monoisotopic (exact) mass is 295 g/mol. The van der Waals surface area contributed by atoms with Crippen LogP contribution in [-0.4, -0.2) is 14.5 Å². The van der Waals surface area contributed by atoms with E-state index < -0.39 is 0 Å². The lowest BCUT2D eigenvalue weighted by Crippen LogP contribution is -2.05. The molecule has 2 heterocycles. The van der Waals surface area contributed by atoms with Crippen LogP contribution in [0.4, 0.5) is 4.39 Å². The van der Waals surface area contributed by atoms with Gasteiger partial charge in [-0.05, 0) is 12.1 Å². The van der Waals surface area contributed by atoms with Gasteiger partial charge in [0.25, 0.3) is 0 Å². The predicted molar refractivity (Wildman–Crippen MR) is 75.1 cm³/mol. The molecule has 0 radical (unpaired) electrons. The van der Waals surface area contributed by atoms with E-state index in [-0.39, 0.29) is 5.82 Å². The Kier molecular flexibility index (Phi) is 3.48. The number of halogens is 2. The topological polar surface area (TPSA) is 30.7 Å². The second kappa shape index (κ2) is 5.27. The molecule has 1 aromatic carbocycles. The van der Waals surface area contributed by atoms with Gasteiger partial charge in [-0.25, -0.2) is 14.4 Å². The van der Waals surface area contributed by atoms with Gasteiger partial charge in [-0.15, -0.1) is 22.9 Å². The van der Waals surface area contributed by atoms with Crippen LogP contribution in [0.3, 0.4) is 0 Å². The number of alkyl halides is 1. The van der Waals surface area contributed by atoms with Gasteiger partial charge in [0, 0.05) is 24.4 Å². The maximum atomic E-state index is 13.2. The first kappa shape index (κ1) is 12.6. The number of thiazole rings is 1. The molecule has 0 bridgehead atoms. The quantitative estimate of drug-likeness (QED) is 0.688. The second-order valence-corrected chi connectivity index (χ2v) is 5.16.